The third-order valence-corrected chi connectivity index (χ3v) is 3.10. The third-order valence-electron chi connectivity index (χ3n) is 2.57. The van der Waals surface area contributed by atoms with Gasteiger partial charge in [-0.15, -0.1) is 0 Å². The van der Waals surface area contributed by atoms with Crippen LogP contribution in [0.2, 0.25) is 0 Å². The molecule has 1 aliphatic carbocycles. The molecule has 0 unspecified atom stereocenters. The van der Waals surface area contributed by atoms with Crippen LogP contribution in [0.25, 0.3) is 0 Å². The zero-order valence-electron chi connectivity index (χ0n) is 8.62. The van der Waals surface area contributed by atoms with Gasteiger partial charge in [-0.25, -0.2) is 0 Å². The molecule has 82 valence electrons. The van der Waals surface area contributed by atoms with Crippen LogP contribution >= 0.6 is 15.9 Å². The van der Waals surface area contributed by atoms with Crippen molar-refractivity contribution in [1.29, 1.82) is 0 Å². The van der Waals surface area contributed by atoms with E-state index in [9.17, 15) is 0 Å². The molecule has 0 amide bonds. The topological polar surface area (TPSA) is 18.5 Å². The van der Waals surface area contributed by atoms with E-state index in [1.54, 1.807) is 0 Å². The predicted molar refractivity (Wildman–Crippen MR) is 63.2 cm³/mol. The summed E-state index contributed by atoms with van der Waals surface area (Å²) in [6.45, 7) is 1.33. The molecule has 0 aromatic heterocycles. The number of rotatable bonds is 5. The molecule has 0 atom stereocenters. The highest BCUT2D eigenvalue weighted by atomic mass is 79.9. The van der Waals surface area contributed by atoms with E-state index < -0.39 is 0 Å². The Morgan fingerprint density at radius 3 is 2.47 bits per heavy atom. The number of hydrogen-bond acceptors (Lipinski definition) is 2. The van der Waals surface area contributed by atoms with E-state index in [2.05, 4.69) is 15.9 Å². The molecule has 2 nitrogen and oxygen atoms in total. The molecule has 0 spiro atoms. The molecule has 0 N–H and O–H groups in total. The molecular formula is C12H15BrO2. The highest BCUT2D eigenvalue weighted by Gasteiger charge is 2.17. The normalized spacial score (nSPS) is 16.1. The molecule has 15 heavy (non-hydrogen) atoms. The van der Waals surface area contributed by atoms with Gasteiger partial charge >= 0.3 is 0 Å². The van der Waals surface area contributed by atoms with Crippen LogP contribution in [-0.2, 0) is 4.74 Å². The van der Waals surface area contributed by atoms with Crippen molar-refractivity contribution in [2.75, 3.05) is 13.2 Å². The summed E-state index contributed by atoms with van der Waals surface area (Å²) in [4.78, 5) is 0. The molecule has 1 saturated carbocycles. The molecular weight excluding hydrogens is 256 g/mol. The average molecular weight is 271 g/mol. The Bertz CT molecular complexity index is 293. The van der Waals surface area contributed by atoms with Gasteiger partial charge < -0.3 is 9.47 Å². The zero-order valence-corrected chi connectivity index (χ0v) is 10.2. The van der Waals surface area contributed by atoms with Crippen LogP contribution in [0, 0.1) is 0 Å². The fraction of sp³-hybridized carbons (Fsp3) is 0.500. The number of benzene rings is 1. The van der Waals surface area contributed by atoms with Crippen LogP contribution in [0.4, 0.5) is 0 Å². The molecule has 1 aromatic rings. The van der Waals surface area contributed by atoms with Gasteiger partial charge in [-0.1, -0.05) is 15.9 Å². The van der Waals surface area contributed by atoms with Gasteiger partial charge in [0.15, 0.2) is 0 Å². The molecule has 3 heteroatoms. The van der Waals surface area contributed by atoms with Crippen LogP contribution in [0.5, 0.6) is 5.75 Å². The lowest BCUT2D eigenvalue weighted by atomic mass is 9.96. The first-order valence-electron chi connectivity index (χ1n) is 5.34. The Morgan fingerprint density at radius 1 is 1.13 bits per heavy atom. The van der Waals surface area contributed by atoms with E-state index in [1.807, 2.05) is 24.3 Å². The highest BCUT2D eigenvalue weighted by Crippen LogP contribution is 2.21. The lowest BCUT2D eigenvalue weighted by Crippen LogP contribution is -2.23. The second-order valence-corrected chi connectivity index (χ2v) is 4.64. The highest BCUT2D eigenvalue weighted by molar-refractivity contribution is 9.10. The van der Waals surface area contributed by atoms with Gasteiger partial charge in [0.05, 0.1) is 12.7 Å². The molecule has 0 saturated heterocycles. The van der Waals surface area contributed by atoms with Crippen molar-refractivity contribution >= 4 is 15.9 Å². The monoisotopic (exact) mass is 270 g/mol. The summed E-state index contributed by atoms with van der Waals surface area (Å²) in [5.41, 5.74) is 0. The number of ether oxygens (including phenoxy) is 2. The van der Waals surface area contributed by atoms with E-state index in [0.717, 1.165) is 10.2 Å². The van der Waals surface area contributed by atoms with E-state index in [0.29, 0.717) is 19.3 Å². The lowest BCUT2D eigenvalue weighted by molar-refractivity contribution is -0.0103. The van der Waals surface area contributed by atoms with Crippen LogP contribution in [0.1, 0.15) is 19.3 Å². The van der Waals surface area contributed by atoms with Gasteiger partial charge in [0.1, 0.15) is 12.4 Å². The fourth-order valence-electron chi connectivity index (χ4n) is 1.44. The minimum absolute atomic E-state index is 0.499. The summed E-state index contributed by atoms with van der Waals surface area (Å²) in [5, 5.41) is 0. The largest absolute Gasteiger partial charge is 0.491 e. The van der Waals surface area contributed by atoms with Crippen molar-refractivity contribution in [3.8, 4) is 5.75 Å². The van der Waals surface area contributed by atoms with Crippen molar-refractivity contribution < 1.29 is 9.47 Å². The summed E-state index contributed by atoms with van der Waals surface area (Å²) in [5.74, 6) is 0.899. The van der Waals surface area contributed by atoms with E-state index >= 15 is 0 Å². The quantitative estimate of drug-likeness (QED) is 0.764. The van der Waals surface area contributed by atoms with Crippen LogP contribution in [0.15, 0.2) is 28.7 Å². The second kappa shape index (κ2) is 5.52. The predicted octanol–water partition coefficient (Wildman–Crippen LogP) is 3.40. The van der Waals surface area contributed by atoms with E-state index in [1.165, 1.54) is 19.3 Å². The molecule has 2 rings (SSSR count). The van der Waals surface area contributed by atoms with Crippen molar-refractivity contribution in [3.63, 3.8) is 0 Å². The van der Waals surface area contributed by atoms with Crippen LogP contribution in [0.3, 0.4) is 0 Å². The number of halogens is 1. The van der Waals surface area contributed by atoms with E-state index in [-0.39, 0.29) is 0 Å². The van der Waals surface area contributed by atoms with Gasteiger partial charge in [0.25, 0.3) is 0 Å². The van der Waals surface area contributed by atoms with E-state index in [4.69, 9.17) is 9.47 Å². The molecule has 0 bridgehead atoms. The van der Waals surface area contributed by atoms with Crippen molar-refractivity contribution in [1.82, 2.24) is 0 Å². The Balaban J connectivity index is 1.62. The molecule has 1 aliphatic rings. The van der Waals surface area contributed by atoms with Gasteiger partial charge in [0, 0.05) is 4.47 Å². The number of hydrogen-bond donors (Lipinski definition) is 0. The minimum atomic E-state index is 0.499. The smallest absolute Gasteiger partial charge is 0.119 e. The summed E-state index contributed by atoms with van der Waals surface area (Å²) < 4.78 is 12.2. The lowest BCUT2D eigenvalue weighted by Gasteiger charge is -2.25. The maximum Gasteiger partial charge on any atom is 0.119 e. The maximum atomic E-state index is 5.59. The van der Waals surface area contributed by atoms with Gasteiger partial charge in [-0.3, -0.25) is 0 Å². The maximum absolute atomic E-state index is 5.59. The zero-order chi connectivity index (χ0) is 10.5. The Labute approximate surface area is 98.7 Å². The third kappa shape index (κ3) is 3.50. The molecule has 0 aliphatic heterocycles. The van der Waals surface area contributed by atoms with Gasteiger partial charge in [-0.05, 0) is 43.5 Å². The molecule has 0 radical (unpaired) electrons. The first-order chi connectivity index (χ1) is 7.34. The summed E-state index contributed by atoms with van der Waals surface area (Å²) in [6, 6.07) is 7.85. The van der Waals surface area contributed by atoms with Crippen molar-refractivity contribution in [2.24, 2.45) is 0 Å². The standard InChI is InChI=1S/C12H15BrO2/c13-10-4-6-12(7-5-10)15-9-8-14-11-2-1-3-11/h4-7,11H,1-3,8-9H2. The Morgan fingerprint density at radius 2 is 1.87 bits per heavy atom. The summed E-state index contributed by atoms with van der Waals surface area (Å²) in [7, 11) is 0. The Hall–Kier alpha value is -0.540. The molecule has 0 heterocycles. The van der Waals surface area contributed by atoms with Gasteiger partial charge in [0.2, 0.25) is 0 Å². The minimum Gasteiger partial charge on any atom is -0.491 e. The fourth-order valence-corrected chi connectivity index (χ4v) is 1.71. The summed E-state index contributed by atoms with van der Waals surface area (Å²) in [6.07, 6.45) is 4.26. The molecule has 1 fully saturated rings. The van der Waals surface area contributed by atoms with Crippen LogP contribution in [-0.4, -0.2) is 19.3 Å². The SMILES string of the molecule is Brc1ccc(OCCOC2CCC2)cc1. The van der Waals surface area contributed by atoms with Gasteiger partial charge in [-0.2, -0.15) is 0 Å². The van der Waals surface area contributed by atoms with Crippen molar-refractivity contribution in [3.05, 3.63) is 28.7 Å². The second-order valence-electron chi connectivity index (χ2n) is 3.73. The van der Waals surface area contributed by atoms with Crippen LogP contribution < -0.4 is 4.74 Å². The Kier molecular flexibility index (Phi) is 4.03. The first kappa shape index (κ1) is 11.0. The summed E-state index contributed by atoms with van der Waals surface area (Å²) >= 11 is 3.38. The van der Waals surface area contributed by atoms with Crippen molar-refractivity contribution in [2.45, 2.75) is 25.4 Å². The molecule has 1 aromatic carbocycles. The first-order valence-corrected chi connectivity index (χ1v) is 6.14. The average Bonchev–Trinajstić information content (AvgIpc) is 2.18.